The summed E-state index contributed by atoms with van der Waals surface area (Å²) in [5, 5.41) is 10.3. The summed E-state index contributed by atoms with van der Waals surface area (Å²) >= 11 is 0. The van der Waals surface area contributed by atoms with Crippen molar-refractivity contribution in [1.82, 2.24) is 9.80 Å². The number of rotatable bonds is 6. The Labute approximate surface area is 162 Å². The summed E-state index contributed by atoms with van der Waals surface area (Å²) in [5.41, 5.74) is 0.410. The van der Waals surface area contributed by atoms with E-state index in [9.17, 15) is 18.3 Å². The third-order valence-corrected chi connectivity index (χ3v) is 6.83. The first kappa shape index (κ1) is 20.3. The molecule has 27 heavy (non-hydrogen) atoms. The van der Waals surface area contributed by atoms with Crippen LogP contribution in [0.4, 0.5) is 0 Å². The molecular formula is C20H30N2O4S. The van der Waals surface area contributed by atoms with Crippen molar-refractivity contribution < 1.29 is 18.3 Å². The number of aliphatic hydroxyl groups excluding tert-OH is 1. The highest BCUT2D eigenvalue weighted by molar-refractivity contribution is 7.90. The van der Waals surface area contributed by atoms with Gasteiger partial charge in [-0.3, -0.25) is 9.69 Å². The van der Waals surface area contributed by atoms with Crippen molar-refractivity contribution in [2.45, 2.75) is 43.1 Å². The molecule has 1 aliphatic carbocycles. The quantitative estimate of drug-likeness (QED) is 0.796. The van der Waals surface area contributed by atoms with Crippen LogP contribution in [0.15, 0.2) is 29.2 Å². The number of aliphatic hydroxyl groups is 1. The lowest BCUT2D eigenvalue weighted by atomic mass is 9.99. The van der Waals surface area contributed by atoms with Crippen LogP contribution in [0.1, 0.15) is 42.5 Å². The first-order valence-electron chi connectivity index (χ1n) is 9.83. The Balaban J connectivity index is 1.50. The summed E-state index contributed by atoms with van der Waals surface area (Å²) in [7, 11) is -3.33. The van der Waals surface area contributed by atoms with Gasteiger partial charge in [0.05, 0.1) is 11.0 Å². The molecule has 2 fully saturated rings. The second-order valence-electron chi connectivity index (χ2n) is 7.93. The van der Waals surface area contributed by atoms with Crippen LogP contribution in [-0.4, -0.2) is 74.3 Å². The molecule has 1 saturated carbocycles. The van der Waals surface area contributed by atoms with Gasteiger partial charge in [-0.25, -0.2) is 8.42 Å². The number of hydrogen-bond acceptors (Lipinski definition) is 5. The maximum Gasteiger partial charge on any atom is 0.253 e. The van der Waals surface area contributed by atoms with Crippen molar-refractivity contribution in [2.75, 3.05) is 39.0 Å². The van der Waals surface area contributed by atoms with Crippen molar-refractivity contribution in [2.24, 2.45) is 5.92 Å². The highest BCUT2D eigenvalue weighted by Crippen LogP contribution is 2.28. The molecule has 1 saturated heterocycles. The summed E-state index contributed by atoms with van der Waals surface area (Å²) in [6.07, 6.45) is 6.81. The highest BCUT2D eigenvalue weighted by Gasteiger charge is 2.25. The van der Waals surface area contributed by atoms with Crippen molar-refractivity contribution in [3.05, 3.63) is 29.8 Å². The first-order valence-corrected chi connectivity index (χ1v) is 11.7. The van der Waals surface area contributed by atoms with Crippen LogP contribution in [0, 0.1) is 5.92 Å². The zero-order chi connectivity index (χ0) is 19.4. The van der Waals surface area contributed by atoms with Gasteiger partial charge in [0, 0.05) is 44.5 Å². The molecule has 1 aromatic rings. The Morgan fingerprint density at radius 1 is 1.19 bits per heavy atom. The van der Waals surface area contributed by atoms with Crippen LogP contribution in [0.2, 0.25) is 0 Å². The molecule has 1 aliphatic heterocycles. The van der Waals surface area contributed by atoms with Gasteiger partial charge in [-0.15, -0.1) is 0 Å². The van der Waals surface area contributed by atoms with E-state index in [1.807, 2.05) is 0 Å². The summed E-state index contributed by atoms with van der Waals surface area (Å²) in [5.74, 6) is 0.539. The van der Waals surface area contributed by atoms with Crippen LogP contribution in [0.5, 0.6) is 0 Å². The smallest absolute Gasteiger partial charge is 0.253 e. The third kappa shape index (κ3) is 5.53. The molecule has 1 amide bonds. The van der Waals surface area contributed by atoms with E-state index in [-0.39, 0.29) is 16.9 Å². The topological polar surface area (TPSA) is 77.9 Å². The second kappa shape index (κ2) is 8.71. The van der Waals surface area contributed by atoms with Gasteiger partial charge in [0.1, 0.15) is 0 Å². The average molecular weight is 395 g/mol. The first-order chi connectivity index (χ1) is 12.8. The molecule has 2 aliphatic rings. The normalized spacial score (nSPS) is 20.7. The zero-order valence-electron chi connectivity index (χ0n) is 16.0. The van der Waals surface area contributed by atoms with Gasteiger partial charge < -0.3 is 10.0 Å². The highest BCUT2D eigenvalue weighted by atomic mass is 32.2. The van der Waals surface area contributed by atoms with Crippen molar-refractivity contribution in [3.63, 3.8) is 0 Å². The molecule has 0 radical (unpaired) electrons. The van der Waals surface area contributed by atoms with Crippen LogP contribution >= 0.6 is 0 Å². The third-order valence-electron chi connectivity index (χ3n) is 5.72. The summed E-state index contributed by atoms with van der Waals surface area (Å²) in [6.45, 7) is 3.33. The fourth-order valence-corrected chi connectivity index (χ4v) is 4.85. The van der Waals surface area contributed by atoms with Crippen molar-refractivity contribution in [1.29, 1.82) is 0 Å². The van der Waals surface area contributed by atoms with Gasteiger partial charge >= 0.3 is 0 Å². The molecule has 1 aromatic carbocycles. The zero-order valence-corrected chi connectivity index (χ0v) is 16.8. The number of piperazine rings is 1. The summed E-state index contributed by atoms with van der Waals surface area (Å²) < 4.78 is 23.4. The largest absolute Gasteiger partial charge is 0.392 e. The Kier molecular flexibility index (Phi) is 6.55. The molecule has 7 heteroatoms. The van der Waals surface area contributed by atoms with Crippen molar-refractivity contribution >= 4 is 15.7 Å². The Morgan fingerprint density at radius 2 is 1.85 bits per heavy atom. The molecule has 1 atom stereocenters. The maximum atomic E-state index is 12.7. The minimum Gasteiger partial charge on any atom is -0.392 e. The van der Waals surface area contributed by atoms with E-state index in [0.29, 0.717) is 31.1 Å². The molecule has 150 valence electrons. The molecular weight excluding hydrogens is 364 g/mol. The molecule has 0 aromatic heterocycles. The molecule has 1 heterocycles. The van der Waals surface area contributed by atoms with Gasteiger partial charge in [-0.1, -0.05) is 31.7 Å². The number of β-amino-alcohol motifs (C(OH)–C–C–N with tert-alkyl or cyclic N) is 1. The SMILES string of the molecule is CS(=O)(=O)c1cccc(C(=O)N2CCN(C[C@@H](O)CC3CCCC3)CC2)c1. The number of carbonyl (C=O) groups is 1. The molecule has 6 nitrogen and oxygen atoms in total. The molecule has 0 unspecified atom stereocenters. The van der Waals surface area contributed by atoms with Gasteiger partial charge in [-0.05, 0) is 30.5 Å². The van der Waals surface area contributed by atoms with Crippen LogP contribution in [-0.2, 0) is 9.84 Å². The fourth-order valence-electron chi connectivity index (χ4n) is 4.18. The summed E-state index contributed by atoms with van der Waals surface area (Å²) in [4.78, 5) is 16.9. The van der Waals surface area contributed by atoms with Crippen LogP contribution < -0.4 is 0 Å². The lowest BCUT2D eigenvalue weighted by Crippen LogP contribution is -2.50. The Hall–Kier alpha value is -1.44. The monoisotopic (exact) mass is 394 g/mol. The predicted molar refractivity (Wildman–Crippen MR) is 104 cm³/mol. The average Bonchev–Trinajstić information content (AvgIpc) is 3.14. The van der Waals surface area contributed by atoms with E-state index in [4.69, 9.17) is 0 Å². The van der Waals surface area contributed by atoms with E-state index in [0.717, 1.165) is 25.8 Å². The number of sulfone groups is 1. The van der Waals surface area contributed by atoms with Gasteiger partial charge in [0.15, 0.2) is 9.84 Å². The van der Waals surface area contributed by atoms with E-state index in [2.05, 4.69) is 4.90 Å². The standard InChI is InChI=1S/C20H30N2O4S/c1-27(25,26)19-8-4-7-17(14-19)20(24)22-11-9-21(10-12-22)15-18(23)13-16-5-2-3-6-16/h4,7-8,14,16,18,23H,2-3,5-6,9-13,15H2,1H3/t18-/m0/s1. The van der Waals surface area contributed by atoms with E-state index in [1.54, 1.807) is 17.0 Å². The predicted octanol–water partition coefficient (Wildman–Crippen LogP) is 1.79. The Morgan fingerprint density at radius 3 is 2.48 bits per heavy atom. The minimum atomic E-state index is -3.33. The minimum absolute atomic E-state index is 0.133. The van der Waals surface area contributed by atoms with Crippen LogP contribution in [0.25, 0.3) is 0 Å². The number of nitrogens with zero attached hydrogens (tertiary/aromatic N) is 2. The van der Waals surface area contributed by atoms with Crippen LogP contribution in [0.3, 0.4) is 0 Å². The van der Waals surface area contributed by atoms with Crippen molar-refractivity contribution in [3.8, 4) is 0 Å². The van der Waals surface area contributed by atoms with E-state index >= 15 is 0 Å². The molecule has 1 N–H and O–H groups in total. The van der Waals surface area contributed by atoms with Gasteiger partial charge in [0.25, 0.3) is 5.91 Å². The Bertz CT molecular complexity index is 751. The second-order valence-corrected chi connectivity index (χ2v) is 9.95. The van der Waals surface area contributed by atoms with E-state index in [1.165, 1.54) is 37.8 Å². The van der Waals surface area contributed by atoms with E-state index < -0.39 is 9.84 Å². The molecule has 0 bridgehead atoms. The van der Waals surface area contributed by atoms with Gasteiger partial charge in [-0.2, -0.15) is 0 Å². The number of carbonyl (C=O) groups excluding carboxylic acids is 1. The number of amides is 1. The lowest BCUT2D eigenvalue weighted by molar-refractivity contribution is 0.0482. The lowest BCUT2D eigenvalue weighted by Gasteiger charge is -2.36. The summed E-state index contributed by atoms with van der Waals surface area (Å²) in [6, 6.07) is 6.24. The maximum absolute atomic E-state index is 12.7. The number of hydrogen-bond donors (Lipinski definition) is 1. The number of benzene rings is 1. The molecule has 0 spiro atoms. The molecule has 3 rings (SSSR count). The fraction of sp³-hybridized carbons (Fsp3) is 0.650. The van der Waals surface area contributed by atoms with Gasteiger partial charge in [0.2, 0.25) is 0 Å².